The summed E-state index contributed by atoms with van der Waals surface area (Å²) in [6.07, 6.45) is -0.551. The lowest BCUT2D eigenvalue weighted by Gasteiger charge is -2.14. The SMILES string of the molecule is Cc1cccc([C@@H](O)[C@@H](C)N)c1. The minimum Gasteiger partial charge on any atom is -0.387 e. The van der Waals surface area contributed by atoms with Crippen molar-refractivity contribution in [3.63, 3.8) is 0 Å². The standard InChI is InChI=1S/C10H15NO/c1-7-4-3-5-9(6-7)10(12)8(2)11/h3-6,8,10,12H,11H2,1-2H3/t8-,10+/m1/s1. The predicted molar refractivity (Wildman–Crippen MR) is 49.8 cm³/mol. The molecule has 2 atom stereocenters. The second kappa shape index (κ2) is 3.70. The van der Waals surface area contributed by atoms with Gasteiger partial charge in [0, 0.05) is 6.04 Å². The van der Waals surface area contributed by atoms with E-state index in [4.69, 9.17) is 5.73 Å². The van der Waals surface area contributed by atoms with Crippen LogP contribution in [0.1, 0.15) is 24.2 Å². The molecule has 0 fully saturated rings. The maximum Gasteiger partial charge on any atom is 0.0938 e. The van der Waals surface area contributed by atoms with Crippen LogP contribution >= 0.6 is 0 Å². The smallest absolute Gasteiger partial charge is 0.0938 e. The van der Waals surface area contributed by atoms with E-state index in [9.17, 15) is 5.11 Å². The number of aryl methyl sites for hydroxylation is 1. The predicted octanol–water partition coefficient (Wildman–Crippen LogP) is 1.38. The lowest BCUT2D eigenvalue weighted by Crippen LogP contribution is -2.24. The molecular formula is C10H15NO. The van der Waals surface area contributed by atoms with E-state index in [1.54, 1.807) is 6.92 Å². The maximum absolute atomic E-state index is 9.60. The van der Waals surface area contributed by atoms with E-state index in [1.807, 2.05) is 31.2 Å². The Balaban J connectivity index is 2.88. The minimum atomic E-state index is -0.551. The van der Waals surface area contributed by atoms with Crippen LogP contribution in [0.2, 0.25) is 0 Å². The Labute approximate surface area is 73.0 Å². The minimum absolute atomic E-state index is 0.216. The molecule has 0 saturated heterocycles. The first-order valence-electron chi connectivity index (χ1n) is 4.11. The van der Waals surface area contributed by atoms with Crippen molar-refractivity contribution in [1.82, 2.24) is 0 Å². The number of rotatable bonds is 2. The van der Waals surface area contributed by atoms with Gasteiger partial charge >= 0.3 is 0 Å². The molecule has 0 radical (unpaired) electrons. The number of hydrogen-bond acceptors (Lipinski definition) is 2. The Hall–Kier alpha value is -0.860. The first-order chi connectivity index (χ1) is 5.61. The van der Waals surface area contributed by atoms with E-state index in [0.717, 1.165) is 11.1 Å². The molecule has 0 amide bonds. The van der Waals surface area contributed by atoms with Crippen LogP contribution in [0.15, 0.2) is 24.3 Å². The molecule has 0 bridgehead atoms. The van der Waals surface area contributed by atoms with Gasteiger partial charge in [0.15, 0.2) is 0 Å². The molecule has 12 heavy (non-hydrogen) atoms. The number of benzene rings is 1. The van der Waals surface area contributed by atoms with E-state index in [-0.39, 0.29) is 6.04 Å². The van der Waals surface area contributed by atoms with Gasteiger partial charge in [-0.15, -0.1) is 0 Å². The summed E-state index contributed by atoms with van der Waals surface area (Å²) in [6, 6.07) is 7.55. The molecule has 0 unspecified atom stereocenters. The van der Waals surface area contributed by atoms with Gasteiger partial charge in [-0.1, -0.05) is 29.8 Å². The molecule has 0 spiro atoms. The molecule has 2 heteroatoms. The Morgan fingerprint density at radius 1 is 1.42 bits per heavy atom. The summed E-state index contributed by atoms with van der Waals surface area (Å²) in [5, 5.41) is 9.60. The van der Waals surface area contributed by atoms with Gasteiger partial charge in [0.25, 0.3) is 0 Å². The zero-order valence-corrected chi connectivity index (χ0v) is 7.49. The van der Waals surface area contributed by atoms with Gasteiger partial charge in [-0.2, -0.15) is 0 Å². The Kier molecular flexibility index (Phi) is 2.84. The second-order valence-electron chi connectivity index (χ2n) is 3.22. The monoisotopic (exact) mass is 165 g/mol. The summed E-state index contributed by atoms with van der Waals surface area (Å²) in [6.45, 7) is 3.80. The molecule has 0 saturated carbocycles. The third-order valence-corrected chi connectivity index (χ3v) is 1.88. The Morgan fingerprint density at radius 3 is 2.58 bits per heavy atom. The zero-order chi connectivity index (χ0) is 9.14. The van der Waals surface area contributed by atoms with Crippen LogP contribution in [0.25, 0.3) is 0 Å². The van der Waals surface area contributed by atoms with Gasteiger partial charge in [-0.05, 0) is 19.4 Å². The molecule has 66 valence electrons. The first kappa shape index (κ1) is 9.23. The highest BCUT2D eigenvalue weighted by Crippen LogP contribution is 2.16. The van der Waals surface area contributed by atoms with Crippen molar-refractivity contribution in [2.45, 2.75) is 26.0 Å². The van der Waals surface area contributed by atoms with E-state index < -0.39 is 6.10 Å². The number of hydrogen-bond donors (Lipinski definition) is 2. The normalized spacial score (nSPS) is 15.7. The van der Waals surface area contributed by atoms with Crippen molar-refractivity contribution in [3.05, 3.63) is 35.4 Å². The number of aliphatic hydroxyl groups excluding tert-OH is 1. The summed E-state index contributed by atoms with van der Waals surface area (Å²) >= 11 is 0. The quantitative estimate of drug-likeness (QED) is 0.695. The molecule has 0 aromatic heterocycles. The molecule has 0 aliphatic heterocycles. The van der Waals surface area contributed by atoms with Crippen LogP contribution in [-0.4, -0.2) is 11.1 Å². The van der Waals surface area contributed by atoms with E-state index in [1.165, 1.54) is 0 Å². The third kappa shape index (κ3) is 2.06. The van der Waals surface area contributed by atoms with Crippen molar-refractivity contribution in [3.8, 4) is 0 Å². The first-order valence-corrected chi connectivity index (χ1v) is 4.11. The van der Waals surface area contributed by atoms with Crippen molar-refractivity contribution in [1.29, 1.82) is 0 Å². The van der Waals surface area contributed by atoms with Gasteiger partial charge < -0.3 is 10.8 Å². The summed E-state index contributed by atoms with van der Waals surface area (Å²) in [5.74, 6) is 0. The van der Waals surface area contributed by atoms with Gasteiger partial charge in [0.1, 0.15) is 0 Å². The maximum atomic E-state index is 9.60. The van der Waals surface area contributed by atoms with E-state index in [2.05, 4.69) is 0 Å². The van der Waals surface area contributed by atoms with Crippen LogP contribution in [0.4, 0.5) is 0 Å². The summed E-state index contributed by atoms with van der Waals surface area (Å²) in [4.78, 5) is 0. The van der Waals surface area contributed by atoms with Crippen molar-refractivity contribution >= 4 is 0 Å². The molecular weight excluding hydrogens is 150 g/mol. The summed E-state index contributed by atoms with van der Waals surface area (Å²) in [7, 11) is 0. The van der Waals surface area contributed by atoms with Crippen molar-refractivity contribution in [2.24, 2.45) is 5.73 Å². The van der Waals surface area contributed by atoms with Crippen LogP contribution < -0.4 is 5.73 Å². The highest BCUT2D eigenvalue weighted by atomic mass is 16.3. The molecule has 3 N–H and O–H groups in total. The number of aliphatic hydroxyl groups is 1. The molecule has 1 rings (SSSR count). The second-order valence-corrected chi connectivity index (χ2v) is 3.22. The third-order valence-electron chi connectivity index (χ3n) is 1.88. The van der Waals surface area contributed by atoms with Gasteiger partial charge in [0.05, 0.1) is 6.10 Å². The van der Waals surface area contributed by atoms with Gasteiger partial charge in [-0.3, -0.25) is 0 Å². The van der Waals surface area contributed by atoms with Crippen LogP contribution in [0.5, 0.6) is 0 Å². The average molecular weight is 165 g/mol. The molecule has 2 nitrogen and oxygen atoms in total. The van der Waals surface area contributed by atoms with Gasteiger partial charge in [0.2, 0.25) is 0 Å². The lowest BCUT2D eigenvalue weighted by atomic mass is 10.0. The number of nitrogens with two attached hydrogens (primary N) is 1. The molecule has 1 aromatic carbocycles. The Morgan fingerprint density at radius 2 is 2.08 bits per heavy atom. The highest BCUT2D eigenvalue weighted by Gasteiger charge is 2.11. The van der Waals surface area contributed by atoms with Crippen LogP contribution in [0.3, 0.4) is 0 Å². The molecule has 0 heterocycles. The van der Waals surface area contributed by atoms with E-state index in [0.29, 0.717) is 0 Å². The fourth-order valence-corrected chi connectivity index (χ4v) is 1.16. The lowest BCUT2D eigenvalue weighted by molar-refractivity contribution is 0.153. The average Bonchev–Trinajstić information content (AvgIpc) is 2.03. The fraction of sp³-hybridized carbons (Fsp3) is 0.400. The van der Waals surface area contributed by atoms with Gasteiger partial charge in [-0.25, -0.2) is 0 Å². The van der Waals surface area contributed by atoms with E-state index >= 15 is 0 Å². The van der Waals surface area contributed by atoms with Crippen molar-refractivity contribution in [2.75, 3.05) is 0 Å². The largest absolute Gasteiger partial charge is 0.387 e. The topological polar surface area (TPSA) is 46.2 Å². The summed E-state index contributed by atoms with van der Waals surface area (Å²) in [5.41, 5.74) is 7.61. The molecule has 0 aliphatic rings. The molecule has 0 aliphatic carbocycles. The van der Waals surface area contributed by atoms with Crippen molar-refractivity contribution < 1.29 is 5.11 Å². The fourth-order valence-electron chi connectivity index (χ4n) is 1.16. The van der Waals surface area contributed by atoms with Crippen LogP contribution in [0, 0.1) is 6.92 Å². The van der Waals surface area contributed by atoms with Crippen LogP contribution in [-0.2, 0) is 0 Å². The zero-order valence-electron chi connectivity index (χ0n) is 7.49. The molecule has 1 aromatic rings. The Bertz CT molecular complexity index is 258. The highest BCUT2D eigenvalue weighted by molar-refractivity contribution is 5.24. The summed E-state index contributed by atoms with van der Waals surface area (Å²) < 4.78 is 0.